The molecule has 0 atom stereocenters. The average molecular weight is 267 g/mol. The van der Waals surface area contributed by atoms with Crippen LogP contribution in [0.4, 0.5) is 0 Å². The monoisotopic (exact) mass is 267 g/mol. The van der Waals surface area contributed by atoms with E-state index in [2.05, 4.69) is 11.8 Å². The molecule has 1 aromatic heterocycles. The first-order chi connectivity index (χ1) is 8.69. The highest BCUT2D eigenvalue weighted by Gasteiger charge is 2.12. The van der Waals surface area contributed by atoms with Gasteiger partial charge in [0.1, 0.15) is 6.61 Å². The van der Waals surface area contributed by atoms with E-state index in [0.717, 1.165) is 4.88 Å². The molecule has 1 N–H and O–H groups in total. The van der Waals surface area contributed by atoms with Gasteiger partial charge in [-0.2, -0.15) is 0 Å². The molecule has 0 aliphatic heterocycles. The highest BCUT2D eigenvalue weighted by molar-refractivity contribution is 7.10. The highest BCUT2D eigenvalue weighted by Crippen LogP contribution is 2.15. The third-order valence-corrected chi connectivity index (χ3v) is 3.10. The van der Waals surface area contributed by atoms with Crippen LogP contribution < -0.4 is 0 Å². The Hall–Kier alpha value is -1.35. The molecule has 0 aliphatic carbocycles. The second kappa shape index (κ2) is 7.88. The number of nitrogens with zero attached hydrogens (tertiary/aromatic N) is 1. The van der Waals surface area contributed by atoms with E-state index in [9.17, 15) is 4.79 Å². The first-order valence-corrected chi connectivity index (χ1v) is 6.58. The largest absolute Gasteiger partial charge is 0.384 e. The van der Waals surface area contributed by atoms with Crippen LogP contribution in [0.2, 0.25) is 0 Å². The summed E-state index contributed by atoms with van der Waals surface area (Å²) in [7, 11) is 1.75. The van der Waals surface area contributed by atoms with Crippen LogP contribution in [0.15, 0.2) is 11.4 Å². The van der Waals surface area contributed by atoms with Crippen LogP contribution in [-0.2, 0) is 4.74 Å². The van der Waals surface area contributed by atoms with E-state index in [1.807, 2.05) is 6.92 Å². The maximum Gasteiger partial charge on any atom is 0.254 e. The summed E-state index contributed by atoms with van der Waals surface area (Å²) in [5.74, 6) is 5.30. The Bertz CT molecular complexity index is 445. The molecule has 0 saturated carbocycles. The third-order valence-electron chi connectivity index (χ3n) is 2.26. The van der Waals surface area contributed by atoms with Gasteiger partial charge in [0.15, 0.2) is 0 Å². The Labute approximate surface area is 111 Å². The fourth-order valence-electron chi connectivity index (χ4n) is 1.31. The van der Waals surface area contributed by atoms with E-state index in [1.165, 1.54) is 11.3 Å². The van der Waals surface area contributed by atoms with Gasteiger partial charge in [-0.15, -0.1) is 11.3 Å². The van der Waals surface area contributed by atoms with Crippen LogP contribution in [-0.4, -0.2) is 49.3 Å². The Morgan fingerprint density at radius 3 is 3.06 bits per heavy atom. The first kappa shape index (κ1) is 14.7. The number of carbonyl (C=O) groups excluding carboxylic acids is 1. The molecule has 0 radical (unpaired) electrons. The first-order valence-electron chi connectivity index (χ1n) is 5.70. The highest BCUT2D eigenvalue weighted by atomic mass is 32.1. The molecule has 0 saturated heterocycles. The number of aliphatic hydroxyl groups is 1. The molecule has 98 valence electrons. The standard InChI is InChI=1S/C13H17NO3S/c1-3-17-8-6-14(2)13(16)11-9-12(18-10-11)5-4-7-15/h9-10,15H,3,6-8H2,1-2H3. The van der Waals surface area contributed by atoms with Gasteiger partial charge in [0, 0.05) is 25.6 Å². The zero-order chi connectivity index (χ0) is 13.4. The zero-order valence-corrected chi connectivity index (χ0v) is 11.4. The molecule has 1 aromatic rings. The van der Waals surface area contributed by atoms with E-state index in [0.29, 0.717) is 25.3 Å². The molecule has 5 heteroatoms. The molecular formula is C13H17NO3S. The number of hydrogen-bond acceptors (Lipinski definition) is 4. The number of ether oxygens (including phenoxy) is 1. The molecule has 0 aliphatic rings. The lowest BCUT2D eigenvalue weighted by Gasteiger charge is -2.15. The number of likely N-dealkylation sites (N-methyl/N-ethyl adjacent to an activating group) is 1. The number of aliphatic hydroxyl groups excluding tert-OH is 1. The fourth-order valence-corrected chi connectivity index (χ4v) is 2.06. The van der Waals surface area contributed by atoms with Crippen LogP contribution >= 0.6 is 11.3 Å². The topological polar surface area (TPSA) is 49.8 Å². The molecule has 0 aromatic carbocycles. The molecule has 1 heterocycles. The number of rotatable bonds is 5. The van der Waals surface area contributed by atoms with Gasteiger partial charge < -0.3 is 14.7 Å². The Balaban J connectivity index is 2.57. The van der Waals surface area contributed by atoms with E-state index in [-0.39, 0.29) is 12.5 Å². The zero-order valence-electron chi connectivity index (χ0n) is 10.6. The minimum Gasteiger partial charge on any atom is -0.384 e. The van der Waals surface area contributed by atoms with Crippen molar-refractivity contribution in [2.45, 2.75) is 6.92 Å². The average Bonchev–Trinajstić information content (AvgIpc) is 2.84. The van der Waals surface area contributed by atoms with Gasteiger partial charge >= 0.3 is 0 Å². The molecular weight excluding hydrogens is 250 g/mol. The lowest BCUT2D eigenvalue weighted by molar-refractivity contribution is 0.0710. The van der Waals surface area contributed by atoms with Crippen molar-refractivity contribution >= 4 is 17.2 Å². The van der Waals surface area contributed by atoms with Crippen molar-refractivity contribution in [1.29, 1.82) is 0 Å². The van der Waals surface area contributed by atoms with Crippen molar-refractivity contribution in [3.05, 3.63) is 21.9 Å². The van der Waals surface area contributed by atoms with Gasteiger partial charge in [-0.3, -0.25) is 4.79 Å². The van der Waals surface area contributed by atoms with Crippen LogP contribution in [0.5, 0.6) is 0 Å². The summed E-state index contributed by atoms with van der Waals surface area (Å²) >= 11 is 1.40. The Morgan fingerprint density at radius 2 is 2.39 bits per heavy atom. The summed E-state index contributed by atoms with van der Waals surface area (Å²) in [4.78, 5) is 14.4. The summed E-state index contributed by atoms with van der Waals surface area (Å²) < 4.78 is 5.21. The lowest BCUT2D eigenvalue weighted by atomic mass is 10.2. The molecule has 4 nitrogen and oxygen atoms in total. The summed E-state index contributed by atoms with van der Waals surface area (Å²) in [6.45, 7) is 3.52. The normalized spacial score (nSPS) is 9.72. The summed E-state index contributed by atoms with van der Waals surface area (Å²) in [6.07, 6.45) is 0. The predicted molar refractivity (Wildman–Crippen MR) is 71.7 cm³/mol. The van der Waals surface area contributed by atoms with E-state index >= 15 is 0 Å². The van der Waals surface area contributed by atoms with Gasteiger partial charge in [0.05, 0.1) is 17.0 Å². The van der Waals surface area contributed by atoms with Gasteiger partial charge in [-0.25, -0.2) is 0 Å². The maximum atomic E-state index is 12.0. The van der Waals surface area contributed by atoms with Gasteiger partial charge in [0.2, 0.25) is 0 Å². The van der Waals surface area contributed by atoms with Gasteiger partial charge in [-0.05, 0) is 13.0 Å². The van der Waals surface area contributed by atoms with Crippen molar-refractivity contribution < 1.29 is 14.6 Å². The molecule has 0 fully saturated rings. The number of amides is 1. The lowest BCUT2D eigenvalue weighted by Crippen LogP contribution is -2.29. The second-order valence-corrected chi connectivity index (χ2v) is 4.49. The molecule has 0 spiro atoms. The molecule has 1 rings (SSSR count). The summed E-state index contributed by atoms with van der Waals surface area (Å²) in [5.41, 5.74) is 0.626. The van der Waals surface area contributed by atoms with Crippen LogP contribution in [0, 0.1) is 11.8 Å². The molecule has 1 amide bonds. The van der Waals surface area contributed by atoms with Gasteiger partial charge in [0.25, 0.3) is 5.91 Å². The van der Waals surface area contributed by atoms with Crippen LogP contribution in [0.1, 0.15) is 22.2 Å². The Morgan fingerprint density at radius 1 is 1.61 bits per heavy atom. The van der Waals surface area contributed by atoms with Crippen molar-refractivity contribution in [3.63, 3.8) is 0 Å². The van der Waals surface area contributed by atoms with Gasteiger partial charge in [-0.1, -0.05) is 11.8 Å². The van der Waals surface area contributed by atoms with E-state index in [1.54, 1.807) is 23.4 Å². The smallest absolute Gasteiger partial charge is 0.254 e. The van der Waals surface area contributed by atoms with Crippen molar-refractivity contribution in [1.82, 2.24) is 4.90 Å². The minimum atomic E-state index is -0.171. The van der Waals surface area contributed by atoms with E-state index in [4.69, 9.17) is 9.84 Å². The second-order valence-electron chi connectivity index (χ2n) is 3.58. The van der Waals surface area contributed by atoms with Crippen molar-refractivity contribution in [3.8, 4) is 11.8 Å². The van der Waals surface area contributed by atoms with Crippen LogP contribution in [0.3, 0.4) is 0 Å². The van der Waals surface area contributed by atoms with Crippen LogP contribution in [0.25, 0.3) is 0 Å². The van der Waals surface area contributed by atoms with E-state index < -0.39 is 0 Å². The number of thiophene rings is 1. The number of hydrogen-bond donors (Lipinski definition) is 1. The third kappa shape index (κ3) is 4.49. The van der Waals surface area contributed by atoms with Crippen molar-refractivity contribution in [2.24, 2.45) is 0 Å². The summed E-state index contributed by atoms with van der Waals surface area (Å²) in [6, 6.07) is 1.74. The SMILES string of the molecule is CCOCCN(C)C(=O)c1csc(C#CCO)c1. The predicted octanol–water partition coefficient (Wildman–Crippen LogP) is 1.20. The quantitative estimate of drug-likeness (QED) is 0.644. The molecule has 18 heavy (non-hydrogen) atoms. The Kier molecular flexibility index (Phi) is 6.44. The maximum absolute atomic E-state index is 12.0. The van der Waals surface area contributed by atoms with Crippen molar-refractivity contribution in [2.75, 3.05) is 33.4 Å². The molecule has 0 unspecified atom stereocenters. The summed E-state index contributed by atoms with van der Waals surface area (Å²) in [5, 5.41) is 10.4. The molecule has 0 bridgehead atoms. The minimum absolute atomic E-state index is 0.0389. The fraction of sp³-hybridized carbons (Fsp3) is 0.462. The number of carbonyl (C=O) groups is 1.